The van der Waals surface area contributed by atoms with Gasteiger partial charge in [-0.3, -0.25) is 0 Å². The highest BCUT2D eigenvalue weighted by Crippen LogP contribution is 2.25. The minimum Gasteiger partial charge on any atom is -0.477 e. The third kappa shape index (κ3) is 3.29. The Labute approximate surface area is 109 Å². The molecule has 8 heteroatoms. The molecule has 1 unspecified atom stereocenters. The molecule has 98 valence electrons. The van der Waals surface area contributed by atoms with Gasteiger partial charge in [0.25, 0.3) is 0 Å². The molecular weight excluding hydrogens is 276 g/mol. The van der Waals surface area contributed by atoms with Gasteiger partial charge in [0.15, 0.2) is 0 Å². The number of hydrogen-bond donors (Lipinski definition) is 2. The van der Waals surface area contributed by atoms with E-state index in [1.54, 1.807) is 13.8 Å². The topological polar surface area (TPSA) is 107 Å². The molecular formula is C10H12N2O4S2. The first-order chi connectivity index (χ1) is 8.27. The fourth-order valence-electron chi connectivity index (χ4n) is 1.34. The summed E-state index contributed by atoms with van der Waals surface area (Å²) in [6.07, 6.45) is 0.0498. The van der Waals surface area contributed by atoms with Gasteiger partial charge >= 0.3 is 5.97 Å². The summed E-state index contributed by atoms with van der Waals surface area (Å²) >= 11 is 0.906. The second-order valence-corrected chi connectivity index (χ2v) is 6.66. The number of aromatic carboxylic acids is 1. The minimum absolute atomic E-state index is 0.0270. The van der Waals surface area contributed by atoms with Crippen LogP contribution in [0, 0.1) is 18.3 Å². The predicted octanol–water partition coefficient (Wildman–Crippen LogP) is 1.34. The Balaban J connectivity index is 3.06. The highest BCUT2D eigenvalue weighted by Gasteiger charge is 2.23. The van der Waals surface area contributed by atoms with Crippen LogP contribution in [-0.2, 0) is 10.0 Å². The molecule has 1 rings (SSSR count). The number of thiophene rings is 1. The summed E-state index contributed by atoms with van der Waals surface area (Å²) in [6.45, 7) is 3.11. The lowest BCUT2D eigenvalue weighted by Crippen LogP contribution is -2.32. The largest absolute Gasteiger partial charge is 0.477 e. The lowest BCUT2D eigenvalue weighted by atomic mass is 10.3. The van der Waals surface area contributed by atoms with Crippen molar-refractivity contribution in [3.8, 4) is 6.07 Å². The first-order valence-corrected chi connectivity index (χ1v) is 7.31. The average molecular weight is 288 g/mol. The molecule has 18 heavy (non-hydrogen) atoms. The van der Waals surface area contributed by atoms with Gasteiger partial charge in [0.05, 0.1) is 17.4 Å². The monoisotopic (exact) mass is 288 g/mol. The number of nitrogens with zero attached hydrogens (tertiary/aromatic N) is 1. The molecule has 1 atom stereocenters. The fourth-order valence-corrected chi connectivity index (χ4v) is 4.02. The number of hydrogen-bond acceptors (Lipinski definition) is 5. The molecule has 1 aromatic heterocycles. The van der Waals surface area contributed by atoms with Gasteiger partial charge in [0, 0.05) is 10.9 Å². The number of carboxylic acid groups (broad SMARTS) is 1. The van der Waals surface area contributed by atoms with Crippen LogP contribution in [-0.4, -0.2) is 25.5 Å². The predicted molar refractivity (Wildman–Crippen MR) is 66.0 cm³/mol. The van der Waals surface area contributed by atoms with Gasteiger partial charge in [-0.1, -0.05) is 0 Å². The van der Waals surface area contributed by atoms with Crippen LogP contribution in [0.2, 0.25) is 0 Å². The number of rotatable bonds is 5. The van der Waals surface area contributed by atoms with Gasteiger partial charge in [0.1, 0.15) is 4.88 Å². The smallest absolute Gasteiger partial charge is 0.345 e. The van der Waals surface area contributed by atoms with Crippen LogP contribution in [0.3, 0.4) is 0 Å². The van der Waals surface area contributed by atoms with Crippen molar-refractivity contribution < 1.29 is 18.3 Å². The summed E-state index contributed by atoms with van der Waals surface area (Å²) in [5.41, 5.74) is 0. The number of nitriles is 1. The quantitative estimate of drug-likeness (QED) is 0.850. The normalized spacial score (nSPS) is 12.9. The minimum atomic E-state index is -3.78. The van der Waals surface area contributed by atoms with E-state index in [0.717, 1.165) is 17.4 Å². The second kappa shape index (κ2) is 5.48. The summed E-state index contributed by atoms with van der Waals surface area (Å²) in [6, 6.07) is 2.47. The number of carbonyl (C=O) groups is 1. The second-order valence-electron chi connectivity index (χ2n) is 3.72. The summed E-state index contributed by atoms with van der Waals surface area (Å²) in [4.78, 5) is 11.1. The average Bonchev–Trinajstić information content (AvgIpc) is 2.60. The highest BCUT2D eigenvalue weighted by molar-refractivity contribution is 7.89. The molecule has 0 amide bonds. The Morgan fingerprint density at radius 1 is 1.67 bits per heavy atom. The molecule has 0 radical (unpaired) electrons. The molecule has 0 bridgehead atoms. The van der Waals surface area contributed by atoms with E-state index in [1.807, 2.05) is 6.07 Å². The van der Waals surface area contributed by atoms with Crippen molar-refractivity contribution in [2.24, 2.45) is 0 Å². The third-order valence-corrected chi connectivity index (χ3v) is 5.01. The van der Waals surface area contributed by atoms with Gasteiger partial charge in [-0.2, -0.15) is 5.26 Å². The molecule has 0 aromatic carbocycles. The zero-order valence-electron chi connectivity index (χ0n) is 9.80. The molecule has 1 aromatic rings. The first-order valence-electron chi connectivity index (χ1n) is 5.01. The van der Waals surface area contributed by atoms with E-state index in [1.165, 1.54) is 0 Å². The summed E-state index contributed by atoms with van der Waals surface area (Å²) in [5, 5.41) is 17.3. The van der Waals surface area contributed by atoms with E-state index < -0.39 is 22.0 Å². The molecule has 0 spiro atoms. The number of carboxylic acids is 1. The van der Waals surface area contributed by atoms with Crippen LogP contribution in [0.5, 0.6) is 0 Å². The van der Waals surface area contributed by atoms with Crippen molar-refractivity contribution in [1.82, 2.24) is 4.72 Å². The number of sulfonamides is 1. The van der Waals surface area contributed by atoms with Crippen LogP contribution < -0.4 is 4.72 Å². The molecule has 2 N–H and O–H groups in total. The summed E-state index contributed by atoms with van der Waals surface area (Å²) < 4.78 is 26.3. The van der Waals surface area contributed by atoms with E-state index in [2.05, 4.69) is 4.72 Å². The standard InChI is InChI=1S/C10H12N2O4S2/c1-6(3-4-11)12-18(15,16)9-5-8(10(13)14)17-7(9)2/h5-6,12H,3H2,1-2H3,(H,13,14). The molecule has 1 heterocycles. The van der Waals surface area contributed by atoms with Crippen LogP contribution in [0.25, 0.3) is 0 Å². The zero-order chi connectivity index (χ0) is 13.9. The van der Waals surface area contributed by atoms with E-state index >= 15 is 0 Å². The van der Waals surface area contributed by atoms with Crippen molar-refractivity contribution in [2.45, 2.75) is 31.2 Å². The maximum Gasteiger partial charge on any atom is 0.345 e. The summed E-state index contributed by atoms with van der Waals surface area (Å²) in [5.74, 6) is -1.16. The van der Waals surface area contributed by atoms with Crippen LogP contribution in [0.4, 0.5) is 0 Å². The van der Waals surface area contributed by atoms with Crippen LogP contribution in [0.15, 0.2) is 11.0 Å². The van der Waals surface area contributed by atoms with Crippen molar-refractivity contribution in [2.75, 3.05) is 0 Å². The number of aryl methyl sites for hydroxylation is 1. The maximum atomic E-state index is 12.0. The van der Waals surface area contributed by atoms with Gasteiger partial charge in [0.2, 0.25) is 10.0 Å². The van der Waals surface area contributed by atoms with E-state index in [4.69, 9.17) is 10.4 Å². The van der Waals surface area contributed by atoms with Crippen LogP contribution in [0.1, 0.15) is 27.9 Å². The van der Waals surface area contributed by atoms with E-state index in [0.29, 0.717) is 4.88 Å². The molecule has 0 aliphatic rings. The Morgan fingerprint density at radius 3 is 2.72 bits per heavy atom. The first kappa shape index (κ1) is 14.6. The van der Waals surface area contributed by atoms with Gasteiger partial charge in [-0.05, 0) is 19.9 Å². The van der Waals surface area contributed by atoms with Crippen molar-refractivity contribution >= 4 is 27.3 Å². The van der Waals surface area contributed by atoms with Crippen molar-refractivity contribution in [3.05, 3.63) is 15.8 Å². The van der Waals surface area contributed by atoms with Gasteiger partial charge < -0.3 is 5.11 Å². The molecule has 0 saturated heterocycles. The van der Waals surface area contributed by atoms with Gasteiger partial charge in [-0.25, -0.2) is 17.9 Å². The Morgan fingerprint density at radius 2 is 2.28 bits per heavy atom. The Hall–Kier alpha value is -1.43. The lowest BCUT2D eigenvalue weighted by molar-refractivity contribution is 0.0702. The fraction of sp³-hybridized carbons (Fsp3) is 0.400. The molecule has 0 aliphatic carbocycles. The molecule has 0 aliphatic heterocycles. The van der Waals surface area contributed by atoms with E-state index in [-0.39, 0.29) is 16.2 Å². The SMILES string of the molecule is Cc1sc(C(=O)O)cc1S(=O)(=O)NC(C)CC#N. The van der Waals surface area contributed by atoms with Crippen molar-refractivity contribution in [3.63, 3.8) is 0 Å². The maximum absolute atomic E-state index is 12.0. The lowest BCUT2D eigenvalue weighted by Gasteiger charge is -2.10. The highest BCUT2D eigenvalue weighted by atomic mass is 32.2. The van der Waals surface area contributed by atoms with Gasteiger partial charge in [-0.15, -0.1) is 11.3 Å². The molecule has 6 nitrogen and oxygen atoms in total. The Bertz CT molecular complexity index is 598. The van der Waals surface area contributed by atoms with Crippen molar-refractivity contribution in [1.29, 1.82) is 5.26 Å². The Kier molecular flexibility index (Phi) is 4.45. The van der Waals surface area contributed by atoms with Crippen LogP contribution >= 0.6 is 11.3 Å². The zero-order valence-corrected chi connectivity index (χ0v) is 11.4. The third-order valence-electron chi connectivity index (χ3n) is 2.13. The molecule has 0 saturated carbocycles. The number of nitrogens with one attached hydrogen (secondary N) is 1. The van der Waals surface area contributed by atoms with E-state index in [9.17, 15) is 13.2 Å². The molecule has 0 fully saturated rings. The summed E-state index contributed by atoms with van der Waals surface area (Å²) in [7, 11) is -3.78.